The van der Waals surface area contributed by atoms with Crippen molar-refractivity contribution in [2.45, 2.75) is 12.8 Å². The van der Waals surface area contributed by atoms with Crippen LogP contribution in [0.4, 0.5) is 0 Å². The van der Waals surface area contributed by atoms with Gasteiger partial charge in [0.2, 0.25) is 12.3 Å². The molecule has 2 amide bonds. The molecule has 0 bridgehead atoms. The molecule has 0 radical (unpaired) electrons. The molecule has 0 aromatic rings. The van der Waals surface area contributed by atoms with Gasteiger partial charge < -0.3 is 14.5 Å². The summed E-state index contributed by atoms with van der Waals surface area (Å²) in [7, 11) is 0. The lowest BCUT2D eigenvalue weighted by atomic mass is 9.95. The molecule has 16 heavy (non-hydrogen) atoms. The van der Waals surface area contributed by atoms with E-state index in [1.807, 2.05) is 4.90 Å². The molecule has 5 heteroatoms. The number of morpholine rings is 1. The second kappa shape index (κ2) is 5.30. The highest BCUT2D eigenvalue weighted by Gasteiger charge is 2.28. The molecule has 0 aliphatic carbocycles. The molecule has 0 aromatic carbocycles. The fourth-order valence-corrected chi connectivity index (χ4v) is 2.29. The molecule has 0 unspecified atom stereocenters. The highest BCUT2D eigenvalue weighted by molar-refractivity contribution is 5.79. The van der Waals surface area contributed by atoms with Gasteiger partial charge in [-0.15, -0.1) is 0 Å². The zero-order valence-electron chi connectivity index (χ0n) is 9.43. The Morgan fingerprint density at radius 1 is 1.12 bits per heavy atom. The molecule has 90 valence electrons. The Morgan fingerprint density at radius 2 is 1.75 bits per heavy atom. The van der Waals surface area contributed by atoms with Crippen molar-refractivity contribution >= 4 is 12.3 Å². The van der Waals surface area contributed by atoms with E-state index in [9.17, 15) is 9.59 Å². The predicted octanol–water partition coefficient (Wildman–Crippen LogP) is -0.286. The lowest BCUT2D eigenvalue weighted by molar-refractivity contribution is -0.142. The van der Waals surface area contributed by atoms with Gasteiger partial charge in [0.15, 0.2) is 0 Å². The summed E-state index contributed by atoms with van der Waals surface area (Å²) in [6.45, 7) is 4.16. The number of carbonyl (C=O) groups is 2. The van der Waals surface area contributed by atoms with Crippen LogP contribution in [-0.4, -0.2) is 61.5 Å². The molecule has 2 fully saturated rings. The molecule has 2 aliphatic rings. The van der Waals surface area contributed by atoms with Crippen LogP contribution in [-0.2, 0) is 14.3 Å². The third-order valence-corrected chi connectivity index (χ3v) is 3.35. The molecule has 2 heterocycles. The minimum Gasteiger partial charge on any atom is -0.378 e. The number of hydrogen-bond acceptors (Lipinski definition) is 3. The Balaban J connectivity index is 1.83. The van der Waals surface area contributed by atoms with Crippen molar-refractivity contribution in [2.24, 2.45) is 5.92 Å². The first-order valence-electron chi connectivity index (χ1n) is 5.87. The third kappa shape index (κ3) is 2.52. The molecule has 5 nitrogen and oxygen atoms in total. The molecule has 2 rings (SSSR count). The first kappa shape index (κ1) is 11.4. The molecule has 0 aromatic heterocycles. The van der Waals surface area contributed by atoms with Crippen molar-refractivity contribution in [3.63, 3.8) is 0 Å². The number of likely N-dealkylation sites (tertiary alicyclic amines) is 1. The molecular weight excluding hydrogens is 208 g/mol. The minimum atomic E-state index is 0.106. The molecule has 2 saturated heterocycles. The Morgan fingerprint density at radius 3 is 2.31 bits per heavy atom. The van der Waals surface area contributed by atoms with Crippen LogP contribution >= 0.6 is 0 Å². The SMILES string of the molecule is O=CN1CCC(C(=O)N2CCOCC2)CC1. The number of nitrogens with zero attached hydrogens (tertiary/aromatic N) is 2. The van der Waals surface area contributed by atoms with Crippen LogP contribution in [0.25, 0.3) is 0 Å². The number of amides is 2. The van der Waals surface area contributed by atoms with Gasteiger partial charge in [-0.2, -0.15) is 0 Å². The average Bonchev–Trinajstić information content (AvgIpc) is 2.39. The van der Waals surface area contributed by atoms with Crippen LogP contribution in [0.1, 0.15) is 12.8 Å². The molecule has 0 spiro atoms. The third-order valence-electron chi connectivity index (χ3n) is 3.35. The van der Waals surface area contributed by atoms with Crippen LogP contribution in [0.2, 0.25) is 0 Å². The molecule has 2 aliphatic heterocycles. The second-order valence-electron chi connectivity index (χ2n) is 4.35. The standard InChI is InChI=1S/C11H18N2O3/c14-9-12-3-1-10(2-4-12)11(15)13-5-7-16-8-6-13/h9-10H,1-8H2. The minimum absolute atomic E-state index is 0.106. The molecule has 0 atom stereocenters. The average molecular weight is 226 g/mol. The van der Waals surface area contributed by atoms with Crippen molar-refractivity contribution in [3.8, 4) is 0 Å². The molecule has 0 saturated carbocycles. The Hall–Kier alpha value is -1.10. The smallest absolute Gasteiger partial charge is 0.225 e. The van der Waals surface area contributed by atoms with Gasteiger partial charge in [-0.05, 0) is 12.8 Å². The second-order valence-corrected chi connectivity index (χ2v) is 4.35. The maximum absolute atomic E-state index is 12.1. The Bertz CT molecular complexity index is 256. The maximum atomic E-state index is 12.1. The first-order chi connectivity index (χ1) is 7.81. The van der Waals surface area contributed by atoms with Crippen molar-refractivity contribution in [1.29, 1.82) is 0 Å². The predicted molar refractivity (Wildman–Crippen MR) is 57.8 cm³/mol. The lowest BCUT2D eigenvalue weighted by Crippen LogP contribution is -2.46. The van der Waals surface area contributed by atoms with E-state index in [1.165, 1.54) is 0 Å². The monoisotopic (exact) mass is 226 g/mol. The van der Waals surface area contributed by atoms with Gasteiger partial charge in [-0.25, -0.2) is 0 Å². The lowest BCUT2D eigenvalue weighted by Gasteiger charge is -2.34. The zero-order valence-corrected chi connectivity index (χ0v) is 9.43. The fourth-order valence-electron chi connectivity index (χ4n) is 2.29. The molecular formula is C11H18N2O3. The quantitative estimate of drug-likeness (QED) is 0.608. The van der Waals surface area contributed by atoms with E-state index in [0.29, 0.717) is 39.4 Å². The summed E-state index contributed by atoms with van der Waals surface area (Å²) in [4.78, 5) is 26.3. The Labute approximate surface area is 95.3 Å². The number of ether oxygens (including phenoxy) is 1. The number of piperidine rings is 1. The van der Waals surface area contributed by atoms with E-state index in [-0.39, 0.29) is 11.8 Å². The van der Waals surface area contributed by atoms with Crippen LogP contribution < -0.4 is 0 Å². The van der Waals surface area contributed by atoms with Crippen molar-refractivity contribution in [1.82, 2.24) is 9.80 Å². The van der Waals surface area contributed by atoms with Crippen molar-refractivity contribution < 1.29 is 14.3 Å². The first-order valence-corrected chi connectivity index (χ1v) is 5.87. The Kier molecular flexibility index (Phi) is 3.77. The van der Waals surface area contributed by atoms with Crippen LogP contribution in [0, 0.1) is 5.92 Å². The summed E-state index contributed by atoms with van der Waals surface area (Å²) in [6.07, 6.45) is 2.47. The van der Waals surface area contributed by atoms with Gasteiger partial charge in [0, 0.05) is 32.1 Å². The topological polar surface area (TPSA) is 49.9 Å². The summed E-state index contributed by atoms with van der Waals surface area (Å²) in [5.41, 5.74) is 0. The highest BCUT2D eigenvalue weighted by Crippen LogP contribution is 2.19. The van der Waals surface area contributed by atoms with Crippen LogP contribution in [0.5, 0.6) is 0 Å². The van der Waals surface area contributed by atoms with Crippen molar-refractivity contribution in [2.75, 3.05) is 39.4 Å². The summed E-state index contributed by atoms with van der Waals surface area (Å²) >= 11 is 0. The molecule has 0 N–H and O–H groups in total. The summed E-state index contributed by atoms with van der Waals surface area (Å²) < 4.78 is 5.22. The zero-order chi connectivity index (χ0) is 11.4. The number of hydrogen-bond donors (Lipinski definition) is 0. The van der Waals surface area contributed by atoms with E-state index in [4.69, 9.17) is 4.74 Å². The van der Waals surface area contributed by atoms with Gasteiger partial charge in [0.05, 0.1) is 13.2 Å². The van der Waals surface area contributed by atoms with Gasteiger partial charge >= 0.3 is 0 Å². The van der Waals surface area contributed by atoms with Gasteiger partial charge in [-0.3, -0.25) is 9.59 Å². The summed E-state index contributed by atoms with van der Waals surface area (Å²) in [5, 5.41) is 0. The van der Waals surface area contributed by atoms with E-state index in [0.717, 1.165) is 19.3 Å². The van der Waals surface area contributed by atoms with E-state index in [1.54, 1.807) is 4.90 Å². The van der Waals surface area contributed by atoms with Crippen LogP contribution in [0.15, 0.2) is 0 Å². The largest absolute Gasteiger partial charge is 0.378 e. The van der Waals surface area contributed by atoms with Gasteiger partial charge in [0.1, 0.15) is 0 Å². The van der Waals surface area contributed by atoms with Gasteiger partial charge in [-0.1, -0.05) is 0 Å². The normalized spacial score (nSPS) is 23.2. The number of rotatable bonds is 2. The van der Waals surface area contributed by atoms with Crippen LogP contribution in [0.3, 0.4) is 0 Å². The highest BCUT2D eigenvalue weighted by atomic mass is 16.5. The fraction of sp³-hybridized carbons (Fsp3) is 0.818. The summed E-state index contributed by atoms with van der Waals surface area (Å²) in [6, 6.07) is 0. The summed E-state index contributed by atoms with van der Waals surface area (Å²) in [5.74, 6) is 0.350. The number of carbonyl (C=O) groups excluding carboxylic acids is 2. The maximum Gasteiger partial charge on any atom is 0.225 e. The van der Waals surface area contributed by atoms with E-state index >= 15 is 0 Å². The van der Waals surface area contributed by atoms with E-state index in [2.05, 4.69) is 0 Å². The van der Waals surface area contributed by atoms with Gasteiger partial charge in [0.25, 0.3) is 0 Å². The van der Waals surface area contributed by atoms with Crippen molar-refractivity contribution in [3.05, 3.63) is 0 Å². The van der Waals surface area contributed by atoms with E-state index < -0.39 is 0 Å².